The maximum absolute atomic E-state index is 13.1. The SMILES string of the molecule is FC(F)(F)C1=NC(F)(F)C(F)(F)N1C(F)(F)C(F)(Cl)Cl. The molecule has 1 rings (SSSR count). The first-order valence-corrected chi connectivity index (χ1v) is 4.89. The summed E-state index contributed by atoms with van der Waals surface area (Å²) in [5.41, 5.74) is 0. The van der Waals surface area contributed by atoms with E-state index < -0.39 is 39.6 Å². The Hall–Kier alpha value is -0.650. The van der Waals surface area contributed by atoms with Crippen LogP contribution in [0, 0.1) is 0 Å². The summed E-state index contributed by atoms with van der Waals surface area (Å²) in [6.07, 6.45) is -6.16. The Morgan fingerprint density at radius 3 is 1.60 bits per heavy atom. The number of rotatable bonds is 2. The second kappa shape index (κ2) is 4.18. The van der Waals surface area contributed by atoms with Gasteiger partial charge in [-0.25, -0.2) is 4.90 Å². The first-order chi connectivity index (χ1) is 8.46. The molecule has 14 heteroatoms. The minimum Gasteiger partial charge on any atom is -0.220 e. The smallest absolute Gasteiger partial charge is 0.220 e. The van der Waals surface area contributed by atoms with E-state index in [0.29, 0.717) is 0 Å². The molecule has 0 N–H and O–H groups in total. The number of hydrogen-bond donors (Lipinski definition) is 0. The zero-order valence-corrected chi connectivity index (χ0v) is 9.94. The van der Waals surface area contributed by atoms with Crippen molar-refractivity contribution in [3.8, 4) is 0 Å². The lowest BCUT2D eigenvalue weighted by Gasteiger charge is -2.37. The van der Waals surface area contributed by atoms with Crippen molar-refractivity contribution >= 4 is 29.0 Å². The molecule has 0 fully saturated rings. The van der Waals surface area contributed by atoms with Crippen molar-refractivity contribution < 1.29 is 43.9 Å². The van der Waals surface area contributed by atoms with Crippen molar-refractivity contribution in [1.29, 1.82) is 0 Å². The number of nitrogens with zero attached hydrogens (tertiary/aromatic N) is 2. The number of halogens is 12. The van der Waals surface area contributed by atoms with Gasteiger partial charge in [-0.3, -0.25) is 0 Å². The Morgan fingerprint density at radius 1 is 0.900 bits per heavy atom. The summed E-state index contributed by atoms with van der Waals surface area (Å²) in [6.45, 7) is 0. The molecule has 1 aliphatic heterocycles. The number of hydrogen-bond acceptors (Lipinski definition) is 2. The van der Waals surface area contributed by atoms with Crippen LogP contribution in [0.2, 0.25) is 0 Å². The van der Waals surface area contributed by atoms with Crippen LogP contribution in [0.3, 0.4) is 0 Å². The molecule has 0 spiro atoms. The highest BCUT2D eigenvalue weighted by Crippen LogP contribution is 2.55. The van der Waals surface area contributed by atoms with E-state index in [9.17, 15) is 43.9 Å². The van der Waals surface area contributed by atoms with Crippen molar-refractivity contribution in [1.82, 2.24) is 4.90 Å². The molecule has 1 aliphatic rings. The van der Waals surface area contributed by atoms with Gasteiger partial charge >= 0.3 is 28.9 Å². The first-order valence-electron chi connectivity index (χ1n) is 4.14. The fraction of sp³-hybridized carbons (Fsp3) is 0.833. The van der Waals surface area contributed by atoms with Gasteiger partial charge in [0, 0.05) is 0 Å². The molecule has 118 valence electrons. The summed E-state index contributed by atoms with van der Waals surface area (Å²) in [7, 11) is 0. The van der Waals surface area contributed by atoms with E-state index in [0.717, 1.165) is 0 Å². The van der Waals surface area contributed by atoms with E-state index in [-0.39, 0.29) is 0 Å². The minimum atomic E-state index is -6.21. The van der Waals surface area contributed by atoms with E-state index in [1.54, 1.807) is 0 Å². The van der Waals surface area contributed by atoms with Crippen molar-refractivity contribution in [2.24, 2.45) is 4.99 Å². The van der Waals surface area contributed by atoms with E-state index >= 15 is 0 Å². The molecule has 20 heavy (non-hydrogen) atoms. The van der Waals surface area contributed by atoms with Gasteiger partial charge in [-0.2, -0.15) is 48.9 Å². The third-order valence-electron chi connectivity index (χ3n) is 1.98. The molecule has 0 saturated heterocycles. The van der Waals surface area contributed by atoms with Crippen molar-refractivity contribution in [3.63, 3.8) is 0 Å². The molecular weight excluding hydrogens is 361 g/mol. The third kappa shape index (κ3) is 2.36. The van der Waals surface area contributed by atoms with Gasteiger partial charge in [0.2, 0.25) is 5.84 Å². The first kappa shape index (κ1) is 17.4. The van der Waals surface area contributed by atoms with Gasteiger partial charge in [-0.15, -0.1) is 0 Å². The van der Waals surface area contributed by atoms with Crippen LogP contribution in [0.5, 0.6) is 0 Å². The molecule has 0 aromatic rings. The van der Waals surface area contributed by atoms with Crippen LogP contribution in [0.1, 0.15) is 0 Å². The standard InChI is InChI=1S/C6Cl2F10N2/c7-3(8,12)5(15,16)20-1(2(9,10)11)19-4(13,14)6(20,17)18. The number of alkyl halides is 12. The highest BCUT2D eigenvalue weighted by Gasteiger charge is 2.79. The second-order valence-electron chi connectivity index (χ2n) is 3.39. The molecule has 0 unspecified atom stereocenters. The molecular formula is C6Cl2F10N2. The van der Waals surface area contributed by atoms with E-state index in [2.05, 4.69) is 23.2 Å². The Kier molecular flexibility index (Phi) is 3.64. The van der Waals surface area contributed by atoms with Gasteiger partial charge in [0.1, 0.15) is 0 Å². The average molecular weight is 361 g/mol. The van der Waals surface area contributed by atoms with Crippen LogP contribution >= 0.6 is 23.2 Å². The lowest BCUT2D eigenvalue weighted by atomic mass is 10.3. The van der Waals surface area contributed by atoms with Gasteiger partial charge in [-0.05, 0) is 0 Å². The molecule has 0 atom stereocenters. The molecule has 0 bridgehead atoms. The van der Waals surface area contributed by atoms with Gasteiger partial charge in [0.15, 0.2) is 0 Å². The van der Waals surface area contributed by atoms with Crippen LogP contribution in [0.4, 0.5) is 43.9 Å². The molecule has 2 nitrogen and oxygen atoms in total. The van der Waals surface area contributed by atoms with Crippen LogP contribution in [0.25, 0.3) is 0 Å². The maximum atomic E-state index is 13.1. The second-order valence-corrected chi connectivity index (χ2v) is 4.63. The van der Waals surface area contributed by atoms with Gasteiger partial charge in [-0.1, -0.05) is 23.2 Å². The molecule has 1 heterocycles. The number of amidine groups is 1. The highest BCUT2D eigenvalue weighted by molar-refractivity contribution is 6.47. The zero-order valence-electron chi connectivity index (χ0n) is 8.43. The summed E-state index contributed by atoms with van der Waals surface area (Å²) in [5.74, 6) is -3.42. The topological polar surface area (TPSA) is 15.6 Å². The lowest BCUT2D eigenvalue weighted by molar-refractivity contribution is -0.319. The summed E-state index contributed by atoms with van der Waals surface area (Å²) >= 11 is 8.29. The van der Waals surface area contributed by atoms with Crippen LogP contribution in [0.15, 0.2) is 4.99 Å². The van der Waals surface area contributed by atoms with E-state index in [4.69, 9.17) is 0 Å². The van der Waals surface area contributed by atoms with Crippen molar-refractivity contribution in [2.75, 3.05) is 0 Å². The zero-order chi connectivity index (χ0) is 16.4. The molecule has 0 saturated carbocycles. The maximum Gasteiger partial charge on any atom is 0.449 e. The fourth-order valence-corrected chi connectivity index (χ4v) is 1.31. The normalized spacial score (nSPS) is 23.0. The monoisotopic (exact) mass is 360 g/mol. The predicted molar refractivity (Wildman–Crippen MR) is 45.7 cm³/mol. The van der Waals surface area contributed by atoms with Crippen LogP contribution in [-0.2, 0) is 0 Å². The Bertz CT molecular complexity index is 436. The van der Waals surface area contributed by atoms with Crippen LogP contribution < -0.4 is 0 Å². The summed E-state index contributed by atoms with van der Waals surface area (Å²) in [6, 6.07) is -18.1. The van der Waals surface area contributed by atoms with Crippen LogP contribution in [-0.4, -0.2) is 39.6 Å². The highest BCUT2D eigenvalue weighted by atomic mass is 35.5. The lowest BCUT2D eigenvalue weighted by Crippen LogP contribution is -2.64. The Morgan fingerprint density at radius 2 is 1.30 bits per heavy atom. The minimum absolute atomic E-state index is 1.18. The largest absolute Gasteiger partial charge is 0.449 e. The summed E-state index contributed by atoms with van der Waals surface area (Å²) in [4.78, 5) is -1.41. The molecule has 0 aromatic heterocycles. The van der Waals surface area contributed by atoms with Gasteiger partial charge < -0.3 is 0 Å². The molecule has 0 aliphatic carbocycles. The van der Waals surface area contributed by atoms with E-state index in [1.165, 1.54) is 4.99 Å². The average Bonchev–Trinajstić information content (AvgIpc) is 2.30. The predicted octanol–water partition coefficient (Wildman–Crippen LogP) is 4.14. The quantitative estimate of drug-likeness (QED) is 0.410. The van der Waals surface area contributed by atoms with Gasteiger partial charge in [0.25, 0.3) is 0 Å². The molecule has 0 amide bonds. The molecule has 0 aromatic carbocycles. The molecule has 0 radical (unpaired) electrons. The fourth-order valence-electron chi connectivity index (χ4n) is 1.14. The summed E-state index contributed by atoms with van der Waals surface area (Å²) in [5, 5.41) is 0. The van der Waals surface area contributed by atoms with Crippen molar-refractivity contribution in [2.45, 2.75) is 28.9 Å². The summed E-state index contributed by atoms with van der Waals surface area (Å²) < 4.78 is 122. The third-order valence-corrected chi connectivity index (χ3v) is 2.43. The van der Waals surface area contributed by atoms with Crippen molar-refractivity contribution in [3.05, 3.63) is 0 Å². The Balaban J connectivity index is 3.53. The van der Waals surface area contributed by atoms with E-state index in [1.807, 2.05) is 0 Å². The van der Waals surface area contributed by atoms with Gasteiger partial charge in [0.05, 0.1) is 0 Å². The Labute approximate surface area is 112 Å². The number of aliphatic imine (C=N–C) groups is 1.